The molecule has 4 heteroatoms. The summed E-state index contributed by atoms with van der Waals surface area (Å²) in [6.07, 6.45) is 2.94. The van der Waals surface area contributed by atoms with Crippen LogP contribution in [0.5, 0.6) is 0 Å². The van der Waals surface area contributed by atoms with E-state index in [2.05, 4.69) is 37.1 Å². The first kappa shape index (κ1) is 21.9. The molecule has 4 nitrogen and oxygen atoms in total. The van der Waals surface area contributed by atoms with Gasteiger partial charge in [-0.05, 0) is 75.7 Å². The number of aliphatic hydroxyl groups excluding tert-OH is 1. The van der Waals surface area contributed by atoms with Crippen LogP contribution in [0.1, 0.15) is 67.1 Å². The van der Waals surface area contributed by atoms with Crippen molar-refractivity contribution in [2.45, 2.75) is 66.9 Å². The largest absolute Gasteiger partial charge is 0.391 e. The summed E-state index contributed by atoms with van der Waals surface area (Å²) in [6, 6.07) is 4.05. The predicted octanol–water partition coefficient (Wildman–Crippen LogP) is 3.85. The van der Waals surface area contributed by atoms with Gasteiger partial charge in [-0.25, -0.2) is 0 Å². The molecule has 0 saturated carbocycles. The summed E-state index contributed by atoms with van der Waals surface area (Å²) in [7, 11) is 0. The maximum Gasteiger partial charge on any atom is 0.251 e. The summed E-state index contributed by atoms with van der Waals surface area (Å²) in [5.41, 5.74) is 4.40. The van der Waals surface area contributed by atoms with Gasteiger partial charge in [-0.1, -0.05) is 32.4 Å². The number of nitrogens with zero attached hydrogens (tertiary/aromatic N) is 1. The Balaban J connectivity index is 1.81. The third-order valence-corrected chi connectivity index (χ3v) is 5.79. The third kappa shape index (κ3) is 6.62. The van der Waals surface area contributed by atoms with Crippen molar-refractivity contribution in [2.75, 3.05) is 26.2 Å². The average Bonchev–Trinajstić information content (AvgIpc) is 2.56. The van der Waals surface area contributed by atoms with Gasteiger partial charge >= 0.3 is 0 Å². The first-order valence-electron chi connectivity index (χ1n) is 10.3. The normalized spacial score (nSPS) is 21.3. The maximum atomic E-state index is 12.6. The van der Waals surface area contributed by atoms with Crippen molar-refractivity contribution < 1.29 is 9.90 Å². The Kier molecular flexibility index (Phi) is 7.47. The molecule has 152 valence electrons. The summed E-state index contributed by atoms with van der Waals surface area (Å²) in [4.78, 5) is 15.0. The lowest BCUT2D eigenvalue weighted by Gasteiger charge is -2.36. The molecule has 0 aliphatic carbocycles. The quantitative estimate of drug-likeness (QED) is 0.795. The minimum atomic E-state index is -0.367. The van der Waals surface area contributed by atoms with Crippen molar-refractivity contribution in [3.8, 4) is 0 Å². The zero-order valence-corrected chi connectivity index (χ0v) is 18.1. The van der Waals surface area contributed by atoms with Crippen molar-refractivity contribution in [2.24, 2.45) is 11.3 Å². The van der Waals surface area contributed by atoms with Crippen LogP contribution in [-0.2, 0) is 0 Å². The molecule has 0 radical (unpaired) electrons. The van der Waals surface area contributed by atoms with Gasteiger partial charge in [-0.15, -0.1) is 0 Å². The van der Waals surface area contributed by atoms with E-state index in [1.165, 1.54) is 12.8 Å². The highest BCUT2D eigenvalue weighted by molar-refractivity contribution is 5.96. The molecule has 0 unspecified atom stereocenters. The first-order chi connectivity index (χ1) is 12.6. The SMILES string of the molecule is Cc1cc(C)c(C)c(C(=O)NC[C@H]2CCN(CCCC(C)(C)C)C[C@H]2O)c1. The minimum Gasteiger partial charge on any atom is -0.391 e. The molecule has 0 bridgehead atoms. The molecular weight excluding hydrogens is 336 g/mol. The number of hydrogen-bond donors (Lipinski definition) is 2. The van der Waals surface area contributed by atoms with E-state index in [9.17, 15) is 9.90 Å². The Morgan fingerprint density at radius 1 is 1.26 bits per heavy atom. The average molecular weight is 375 g/mol. The summed E-state index contributed by atoms with van der Waals surface area (Å²) in [5.74, 6) is 0.109. The zero-order chi connectivity index (χ0) is 20.2. The number of aliphatic hydroxyl groups is 1. The smallest absolute Gasteiger partial charge is 0.251 e. The van der Waals surface area contributed by atoms with Gasteiger partial charge in [0.1, 0.15) is 0 Å². The molecule has 1 saturated heterocycles. The minimum absolute atomic E-state index is 0.0286. The van der Waals surface area contributed by atoms with Crippen LogP contribution in [-0.4, -0.2) is 48.2 Å². The molecule has 0 aromatic heterocycles. The van der Waals surface area contributed by atoms with E-state index >= 15 is 0 Å². The second-order valence-corrected chi connectivity index (χ2v) is 9.55. The fourth-order valence-corrected chi connectivity index (χ4v) is 3.91. The third-order valence-electron chi connectivity index (χ3n) is 5.79. The van der Waals surface area contributed by atoms with Crippen LogP contribution < -0.4 is 5.32 Å². The molecule has 1 aromatic rings. The molecule has 1 aliphatic rings. The number of aryl methyl sites for hydroxylation is 2. The monoisotopic (exact) mass is 374 g/mol. The summed E-state index contributed by atoms with van der Waals surface area (Å²) in [6.45, 7) is 16.2. The van der Waals surface area contributed by atoms with Gasteiger partial charge in [0.15, 0.2) is 0 Å². The molecular formula is C23H38N2O2. The van der Waals surface area contributed by atoms with Gasteiger partial charge in [0, 0.05) is 24.6 Å². The van der Waals surface area contributed by atoms with E-state index in [0.717, 1.165) is 41.8 Å². The number of likely N-dealkylation sites (tertiary alicyclic amines) is 1. The van der Waals surface area contributed by atoms with E-state index in [-0.39, 0.29) is 17.9 Å². The van der Waals surface area contributed by atoms with Crippen LogP contribution in [0.2, 0.25) is 0 Å². The van der Waals surface area contributed by atoms with E-state index in [1.54, 1.807) is 0 Å². The topological polar surface area (TPSA) is 52.6 Å². The van der Waals surface area contributed by atoms with E-state index < -0.39 is 0 Å². The number of hydrogen-bond acceptors (Lipinski definition) is 3. The number of amides is 1. The number of benzene rings is 1. The first-order valence-corrected chi connectivity index (χ1v) is 10.3. The highest BCUT2D eigenvalue weighted by atomic mass is 16.3. The Labute approximate surface area is 165 Å². The highest BCUT2D eigenvalue weighted by Gasteiger charge is 2.28. The molecule has 0 spiro atoms. The molecule has 2 rings (SSSR count). The van der Waals surface area contributed by atoms with Gasteiger partial charge in [-0.3, -0.25) is 4.79 Å². The highest BCUT2D eigenvalue weighted by Crippen LogP contribution is 2.23. The zero-order valence-electron chi connectivity index (χ0n) is 18.1. The summed E-state index contributed by atoms with van der Waals surface area (Å²) >= 11 is 0. The van der Waals surface area contributed by atoms with Crippen molar-refractivity contribution in [3.05, 3.63) is 34.4 Å². The second kappa shape index (κ2) is 9.20. The molecule has 1 heterocycles. The predicted molar refractivity (Wildman–Crippen MR) is 112 cm³/mol. The fourth-order valence-electron chi connectivity index (χ4n) is 3.91. The molecule has 1 amide bonds. The number of nitrogens with one attached hydrogen (secondary N) is 1. The Bertz CT molecular complexity index is 649. The molecule has 1 aliphatic heterocycles. The van der Waals surface area contributed by atoms with Crippen LogP contribution >= 0.6 is 0 Å². The number of piperidine rings is 1. The van der Waals surface area contributed by atoms with Crippen molar-refractivity contribution >= 4 is 5.91 Å². The fraction of sp³-hybridized carbons (Fsp3) is 0.696. The number of rotatable bonds is 6. The lowest BCUT2D eigenvalue weighted by atomic mass is 9.89. The van der Waals surface area contributed by atoms with Crippen molar-refractivity contribution in [3.63, 3.8) is 0 Å². The van der Waals surface area contributed by atoms with Crippen molar-refractivity contribution in [1.29, 1.82) is 0 Å². The Hall–Kier alpha value is -1.39. The molecule has 2 N–H and O–H groups in total. The number of carbonyl (C=O) groups excluding carboxylic acids is 1. The maximum absolute atomic E-state index is 12.6. The lowest BCUT2D eigenvalue weighted by Crippen LogP contribution is -2.48. The van der Waals surface area contributed by atoms with Gasteiger partial charge < -0.3 is 15.3 Å². The van der Waals surface area contributed by atoms with Crippen LogP contribution in [0, 0.1) is 32.1 Å². The molecule has 27 heavy (non-hydrogen) atoms. The van der Waals surface area contributed by atoms with Gasteiger partial charge in [0.2, 0.25) is 0 Å². The van der Waals surface area contributed by atoms with E-state index in [0.29, 0.717) is 18.5 Å². The Morgan fingerprint density at radius 3 is 2.59 bits per heavy atom. The molecule has 1 aromatic carbocycles. The lowest BCUT2D eigenvalue weighted by molar-refractivity contribution is 0.0208. The van der Waals surface area contributed by atoms with E-state index in [1.807, 2.05) is 26.8 Å². The standard InChI is InChI=1S/C23H38N2O2/c1-16-12-17(2)18(3)20(13-16)22(27)24-14-19-8-11-25(15-21(19)26)10-7-9-23(4,5)6/h12-13,19,21,26H,7-11,14-15H2,1-6H3,(H,24,27)/t19-,21-/m1/s1. The van der Waals surface area contributed by atoms with Crippen LogP contribution in [0.3, 0.4) is 0 Å². The second-order valence-electron chi connectivity index (χ2n) is 9.55. The molecule has 2 atom stereocenters. The van der Waals surface area contributed by atoms with Crippen molar-refractivity contribution in [1.82, 2.24) is 10.2 Å². The van der Waals surface area contributed by atoms with Crippen LogP contribution in [0.25, 0.3) is 0 Å². The van der Waals surface area contributed by atoms with Gasteiger partial charge in [0.05, 0.1) is 6.10 Å². The van der Waals surface area contributed by atoms with E-state index in [4.69, 9.17) is 0 Å². The van der Waals surface area contributed by atoms with Gasteiger partial charge in [-0.2, -0.15) is 0 Å². The number of carbonyl (C=O) groups is 1. The van der Waals surface area contributed by atoms with Crippen LogP contribution in [0.15, 0.2) is 12.1 Å². The van der Waals surface area contributed by atoms with Gasteiger partial charge in [0.25, 0.3) is 5.91 Å². The Morgan fingerprint density at radius 2 is 1.96 bits per heavy atom. The molecule has 1 fully saturated rings. The summed E-state index contributed by atoms with van der Waals surface area (Å²) in [5, 5.41) is 13.6. The summed E-state index contributed by atoms with van der Waals surface area (Å²) < 4.78 is 0. The van der Waals surface area contributed by atoms with Crippen LogP contribution in [0.4, 0.5) is 0 Å². The number of β-amino-alcohol motifs (C(OH)–C–C–N with tert-alkyl or cyclic N) is 1.